The van der Waals surface area contributed by atoms with Crippen LogP contribution in [0.3, 0.4) is 0 Å². The SMILES string of the molecule is CC(CC(=O)O)CC(=O)NC(=O)NN1CCN(C)CC1. The number of amides is 3. The molecule has 3 amide bonds. The Balaban J connectivity index is 2.24. The largest absolute Gasteiger partial charge is 0.481 e. The number of carboxylic acid groups (broad SMARTS) is 1. The van der Waals surface area contributed by atoms with Gasteiger partial charge >= 0.3 is 12.0 Å². The molecule has 1 aliphatic rings. The van der Waals surface area contributed by atoms with Gasteiger partial charge in [0.2, 0.25) is 5.91 Å². The van der Waals surface area contributed by atoms with Gasteiger partial charge in [0.05, 0.1) is 0 Å². The van der Waals surface area contributed by atoms with Crippen molar-refractivity contribution in [2.75, 3.05) is 33.2 Å². The number of rotatable bonds is 5. The number of imide groups is 1. The van der Waals surface area contributed by atoms with E-state index in [1.807, 2.05) is 7.05 Å². The first kappa shape index (κ1) is 16.4. The van der Waals surface area contributed by atoms with Crippen LogP contribution in [-0.2, 0) is 9.59 Å². The summed E-state index contributed by atoms with van der Waals surface area (Å²) in [5.74, 6) is -1.72. The maximum atomic E-state index is 11.6. The summed E-state index contributed by atoms with van der Waals surface area (Å²) in [6, 6.07) is -0.568. The summed E-state index contributed by atoms with van der Waals surface area (Å²) in [6.45, 7) is 4.76. The summed E-state index contributed by atoms with van der Waals surface area (Å²) >= 11 is 0. The Labute approximate surface area is 118 Å². The summed E-state index contributed by atoms with van der Waals surface area (Å²) < 4.78 is 0. The third-order valence-corrected chi connectivity index (χ3v) is 3.07. The lowest BCUT2D eigenvalue weighted by atomic mass is 10.0. The van der Waals surface area contributed by atoms with E-state index < -0.39 is 17.9 Å². The van der Waals surface area contributed by atoms with Crippen LogP contribution in [0.1, 0.15) is 19.8 Å². The fraction of sp³-hybridized carbons (Fsp3) is 0.750. The Bertz CT molecular complexity index is 366. The number of carboxylic acids is 1. The zero-order chi connectivity index (χ0) is 15.1. The molecule has 114 valence electrons. The number of nitrogens with zero attached hydrogens (tertiary/aromatic N) is 2. The van der Waals surface area contributed by atoms with Crippen molar-refractivity contribution in [2.45, 2.75) is 19.8 Å². The molecule has 20 heavy (non-hydrogen) atoms. The van der Waals surface area contributed by atoms with Gasteiger partial charge in [0.15, 0.2) is 0 Å². The number of likely N-dealkylation sites (N-methyl/N-ethyl adjacent to an activating group) is 1. The number of hydrogen-bond acceptors (Lipinski definition) is 5. The Morgan fingerprint density at radius 3 is 2.30 bits per heavy atom. The molecule has 3 N–H and O–H groups in total. The van der Waals surface area contributed by atoms with Gasteiger partial charge < -0.3 is 10.0 Å². The molecule has 1 saturated heterocycles. The van der Waals surface area contributed by atoms with Gasteiger partial charge in [-0.1, -0.05) is 6.92 Å². The highest BCUT2D eigenvalue weighted by Gasteiger charge is 2.18. The number of hydrazine groups is 1. The average molecular weight is 286 g/mol. The van der Waals surface area contributed by atoms with Crippen molar-refractivity contribution in [3.8, 4) is 0 Å². The van der Waals surface area contributed by atoms with E-state index in [4.69, 9.17) is 5.11 Å². The molecule has 0 aromatic rings. The lowest BCUT2D eigenvalue weighted by Crippen LogP contribution is -2.55. The number of carbonyl (C=O) groups is 3. The van der Waals surface area contributed by atoms with Crippen LogP contribution < -0.4 is 10.7 Å². The second-order valence-corrected chi connectivity index (χ2v) is 5.19. The number of aliphatic carboxylic acids is 1. The van der Waals surface area contributed by atoms with Crippen molar-refractivity contribution >= 4 is 17.9 Å². The van der Waals surface area contributed by atoms with Gasteiger partial charge in [-0.05, 0) is 13.0 Å². The smallest absolute Gasteiger partial charge is 0.335 e. The first-order chi connectivity index (χ1) is 9.36. The van der Waals surface area contributed by atoms with E-state index in [0.29, 0.717) is 13.1 Å². The van der Waals surface area contributed by atoms with Crippen molar-refractivity contribution in [1.29, 1.82) is 0 Å². The molecule has 8 heteroatoms. The van der Waals surface area contributed by atoms with Crippen LogP contribution in [0.15, 0.2) is 0 Å². The van der Waals surface area contributed by atoms with Crippen LogP contribution in [0, 0.1) is 5.92 Å². The molecule has 1 heterocycles. The highest BCUT2D eigenvalue weighted by Crippen LogP contribution is 2.06. The van der Waals surface area contributed by atoms with Crippen LogP contribution in [0.5, 0.6) is 0 Å². The molecule has 0 aromatic heterocycles. The Kier molecular flexibility index (Phi) is 6.40. The van der Waals surface area contributed by atoms with Crippen molar-refractivity contribution < 1.29 is 19.5 Å². The topological polar surface area (TPSA) is 102 Å². The van der Waals surface area contributed by atoms with Crippen LogP contribution in [0.4, 0.5) is 4.79 Å². The van der Waals surface area contributed by atoms with E-state index in [0.717, 1.165) is 13.1 Å². The van der Waals surface area contributed by atoms with Crippen LogP contribution in [0.2, 0.25) is 0 Å². The third kappa shape index (κ3) is 6.48. The number of hydrogen-bond donors (Lipinski definition) is 3. The number of carbonyl (C=O) groups excluding carboxylic acids is 2. The fourth-order valence-electron chi connectivity index (χ4n) is 1.95. The first-order valence-corrected chi connectivity index (χ1v) is 6.62. The summed E-state index contributed by atoms with van der Waals surface area (Å²) in [6.07, 6.45) is -0.0735. The molecular weight excluding hydrogens is 264 g/mol. The highest BCUT2D eigenvalue weighted by molar-refractivity contribution is 5.94. The predicted octanol–water partition coefficient (Wildman–Crippen LogP) is -0.524. The molecular formula is C12H22N4O4. The second kappa shape index (κ2) is 7.81. The lowest BCUT2D eigenvalue weighted by molar-refractivity contribution is -0.138. The highest BCUT2D eigenvalue weighted by atomic mass is 16.4. The maximum Gasteiger partial charge on any atom is 0.335 e. The summed E-state index contributed by atoms with van der Waals surface area (Å²) in [4.78, 5) is 35.8. The molecule has 0 aliphatic carbocycles. The Morgan fingerprint density at radius 2 is 1.75 bits per heavy atom. The number of piperazine rings is 1. The molecule has 1 rings (SSSR count). The van der Waals surface area contributed by atoms with Gasteiger partial charge in [-0.15, -0.1) is 0 Å². The normalized spacial score (nSPS) is 18.3. The van der Waals surface area contributed by atoms with Crippen molar-refractivity contribution in [1.82, 2.24) is 20.7 Å². The molecule has 0 spiro atoms. The molecule has 0 bridgehead atoms. The molecule has 0 saturated carbocycles. The van der Waals surface area contributed by atoms with Gasteiger partial charge in [0, 0.05) is 39.0 Å². The average Bonchev–Trinajstić information content (AvgIpc) is 2.30. The molecule has 1 unspecified atom stereocenters. The van der Waals surface area contributed by atoms with Crippen LogP contribution >= 0.6 is 0 Å². The summed E-state index contributed by atoms with van der Waals surface area (Å²) in [5.41, 5.74) is 2.60. The molecule has 1 atom stereocenters. The van der Waals surface area contributed by atoms with Gasteiger partial charge in [0.1, 0.15) is 0 Å². The molecule has 1 aliphatic heterocycles. The van der Waals surface area contributed by atoms with E-state index in [9.17, 15) is 14.4 Å². The number of nitrogens with one attached hydrogen (secondary N) is 2. The van der Waals surface area contributed by atoms with Crippen molar-refractivity contribution in [3.05, 3.63) is 0 Å². The van der Waals surface area contributed by atoms with Crippen molar-refractivity contribution in [2.24, 2.45) is 5.92 Å². The quantitative estimate of drug-likeness (QED) is 0.628. The standard InChI is InChI=1S/C12H22N4O4/c1-9(8-11(18)19)7-10(17)13-12(20)14-16-5-3-15(2)4-6-16/h9H,3-8H2,1-2H3,(H,18,19)(H2,13,14,17,20). The van der Waals surface area contributed by atoms with E-state index in [1.165, 1.54) is 0 Å². The van der Waals surface area contributed by atoms with E-state index in [2.05, 4.69) is 15.6 Å². The number of urea groups is 1. The third-order valence-electron chi connectivity index (χ3n) is 3.07. The van der Waals surface area contributed by atoms with Crippen LogP contribution in [0.25, 0.3) is 0 Å². The summed E-state index contributed by atoms with van der Waals surface area (Å²) in [7, 11) is 2.00. The molecule has 1 fully saturated rings. The van der Waals surface area contributed by atoms with E-state index in [-0.39, 0.29) is 18.8 Å². The van der Waals surface area contributed by atoms with E-state index >= 15 is 0 Å². The van der Waals surface area contributed by atoms with Crippen molar-refractivity contribution in [3.63, 3.8) is 0 Å². The van der Waals surface area contributed by atoms with Gasteiger partial charge in [-0.25, -0.2) is 9.80 Å². The molecule has 8 nitrogen and oxygen atoms in total. The Morgan fingerprint density at radius 1 is 1.15 bits per heavy atom. The minimum absolute atomic E-state index is 0.0163. The fourth-order valence-corrected chi connectivity index (χ4v) is 1.95. The Hall–Kier alpha value is -1.67. The minimum atomic E-state index is -0.952. The second-order valence-electron chi connectivity index (χ2n) is 5.19. The zero-order valence-corrected chi connectivity index (χ0v) is 11.9. The molecule has 0 aromatic carbocycles. The summed E-state index contributed by atoms with van der Waals surface area (Å²) in [5, 5.41) is 12.6. The maximum absolute atomic E-state index is 11.6. The first-order valence-electron chi connectivity index (χ1n) is 6.62. The van der Waals surface area contributed by atoms with Gasteiger partial charge in [-0.3, -0.25) is 20.3 Å². The van der Waals surface area contributed by atoms with E-state index in [1.54, 1.807) is 11.9 Å². The monoisotopic (exact) mass is 286 g/mol. The zero-order valence-electron chi connectivity index (χ0n) is 11.9. The van der Waals surface area contributed by atoms with Gasteiger partial charge in [-0.2, -0.15) is 0 Å². The minimum Gasteiger partial charge on any atom is -0.481 e. The van der Waals surface area contributed by atoms with Crippen LogP contribution in [-0.4, -0.2) is 66.1 Å². The van der Waals surface area contributed by atoms with Gasteiger partial charge in [0.25, 0.3) is 0 Å². The predicted molar refractivity (Wildman–Crippen MR) is 71.8 cm³/mol. The lowest BCUT2D eigenvalue weighted by Gasteiger charge is -2.32. The molecule has 0 radical (unpaired) electrons.